The predicted octanol–water partition coefficient (Wildman–Crippen LogP) is 3.55. The Morgan fingerprint density at radius 3 is 2.88 bits per heavy atom. The normalized spacial score (nSPS) is 13.6. The Morgan fingerprint density at radius 2 is 2.08 bits per heavy atom. The lowest BCUT2D eigenvalue weighted by atomic mass is 9.95. The molecular formula is C19H15ClN2O4. The molecule has 0 saturated carbocycles. The van der Waals surface area contributed by atoms with Gasteiger partial charge in [-0.1, -0.05) is 17.7 Å². The van der Waals surface area contributed by atoms with Crippen LogP contribution in [-0.4, -0.2) is 22.8 Å². The zero-order valence-electron chi connectivity index (χ0n) is 13.8. The van der Waals surface area contributed by atoms with Crippen LogP contribution in [0, 0.1) is 0 Å². The Bertz CT molecular complexity index is 1020. The third-order valence-corrected chi connectivity index (χ3v) is 4.55. The van der Waals surface area contributed by atoms with E-state index in [1.54, 1.807) is 36.5 Å². The topological polar surface area (TPSA) is 80.7 Å². The van der Waals surface area contributed by atoms with Crippen molar-refractivity contribution < 1.29 is 19.4 Å². The molecule has 6 nitrogen and oxygen atoms in total. The van der Waals surface area contributed by atoms with Crippen LogP contribution < -0.4 is 14.8 Å². The largest absolute Gasteiger partial charge is 0.505 e. The van der Waals surface area contributed by atoms with Gasteiger partial charge in [-0.15, -0.1) is 0 Å². The van der Waals surface area contributed by atoms with Gasteiger partial charge in [0.05, 0.1) is 11.1 Å². The SMILES string of the molecule is CC(=O)N[C@@H](c1ccc2c(c1)OCO2)c1cc(Cl)c2cccnc2c1O. The third-order valence-electron chi connectivity index (χ3n) is 4.23. The molecule has 1 aliphatic heterocycles. The second-order valence-electron chi connectivity index (χ2n) is 5.94. The van der Waals surface area contributed by atoms with E-state index in [4.69, 9.17) is 21.1 Å². The third kappa shape index (κ3) is 2.78. The number of aromatic hydroxyl groups is 1. The minimum atomic E-state index is -0.620. The molecule has 0 spiro atoms. The van der Waals surface area contributed by atoms with Gasteiger partial charge in [0.1, 0.15) is 11.3 Å². The number of nitrogens with zero attached hydrogens (tertiary/aromatic N) is 1. The molecule has 26 heavy (non-hydrogen) atoms. The number of phenolic OH excluding ortho intramolecular Hbond substituents is 1. The van der Waals surface area contributed by atoms with E-state index in [1.807, 2.05) is 6.07 Å². The zero-order chi connectivity index (χ0) is 18.3. The summed E-state index contributed by atoms with van der Waals surface area (Å²) < 4.78 is 10.7. The van der Waals surface area contributed by atoms with Gasteiger partial charge in [0.2, 0.25) is 12.7 Å². The number of halogens is 1. The number of hydrogen-bond donors (Lipinski definition) is 2. The first-order valence-corrected chi connectivity index (χ1v) is 8.35. The van der Waals surface area contributed by atoms with Crippen molar-refractivity contribution in [2.75, 3.05) is 6.79 Å². The van der Waals surface area contributed by atoms with E-state index in [2.05, 4.69) is 10.3 Å². The van der Waals surface area contributed by atoms with Gasteiger partial charge in [0.15, 0.2) is 11.5 Å². The average molecular weight is 371 g/mol. The monoisotopic (exact) mass is 370 g/mol. The Balaban J connectivity index is 1.89. The number of hydrogen-bond acceptors (Lipinski definition) is 5. The van der Waals surface area contributed by atoms with Crippen molar-refractivity contribution in [3.05, 3.63) is 58.7 Å². The van der Waals surface area contributed by atoms with Crippen molar-refractivity contribution in [2.24, 2.45) is 0 Å². The summed E-state index contributed by atoms with van der Waals surface area (Å²) in [5.74, 6) is 0.950. The van der Waals surface area contributed by atoms with Gasteiger partial charge in [0.25, 0.3) is 0 Å². The lowest BCUT2D eigenvalue weighted by molar-refractivity contribution is -0.119. The maximum atomic E-state index is 11.8. The standard InChI is InChI=1S/C19H15ClN2O4/c1-10(23)22-17(11-4-5-15-16(7-11)26-9-25-15)13-8-14(20)12-3-2-6-21-18(12)19(13)24/h2-8,17,24H,9H2,1H3,(H,22,23)/t17-/m0/s1. The number of phenols is 1. The predicted molar refractivity (Wildman–Crippen MR) is 96.6 cm³/mol. The van der Waals surface area contributed by atoms with Crippen molar-refractivity contribution in [3.63, 3.8) is 0 Å². The Kier molecular flexibility index (Phi) is 4.05. The summed E-state index contributed by atoms with van der Waals surface area (Å²) in [5.41, 5.74) is 1.56. The molecule has 4 rings (SSSR count). The van der Waals surface area contributed by atoms with Crippen molar-refractivity contribution in [1.82, 2.24) is 10.3 Å². The molecule has 2 heterocycles. The summed E-state index contributed by atoms with van der Waals surface area (Å²) in [6.45, 7) is 1.57. The van der Waals surface area contributed by atoms with Crippen molar-refractivity contribution in [1.29, 1.82) is 0 Å². The van der Waals surface area contributed by atoms with E-state index in [-0.39, 0.29) is 18.4 Å². The fraction of sp³-hybridized carbons (Fsp3) is 0.158. The van der Waals surface area contributed by atoms with Crippen LogP contribution in [0.4, 0.5) is 0 Å². The summed E-state index contributed by atoms with van der Waals surface area (Å²) >= 11 is 6.39. The van der Waals surface area contributed by atoms with Crippen LogP contribution >= 0.6 is 11.6 Å². The Morgan fingerprint density at radius 1 is 1.27 bits per heavy atom. The number of benzene rings is 2. The number of carbonyl (C=O) groups is 1. The molecule has 7 heteroatoms. The number of nitrogens with one attached hydrogen (secondary N) is 1. The fourth-order valence-corrected chi connectivity index (χ4v) is 3.33. The molecule has 0 aliphatic carbocycles. The van der Waals surface area contributed by atoms with E-state index in [0.29, 0.717) is 33.0 Å². The minimum absolute atomic E-state index is 0.0265. The van der Waals surface area contributed by atoms with E-state index in [1.165, 1.54) is 6.92 Å². The lowest BCUT2D eigenvalue weighted by Gasteiger charge is -2.21. The number of rotatable bonds is 3. The molecule has 1 atom stereocenters. The molecule has 3 aromatic rings. The van der Waals surface area contributed by atoms with Gasteiger partial charge in [-0.05, 0) is 35.9 Å². The van der Waals surface area contributed by atoms with Crippen LogP contribution in [-0.2, 0) is 4.79 Å². The molecular weight excluding hydrogens is 356 g/mol. The van der Waals surface area contributed by atoms with E-state index in [0.717, 1.165) is 5.56 Å². The molecule has 0 unspecified atom stereocenters. The maximum absolute atomic E-state index is 11.8. The molecule has 0 bridgehead atoms. The average Bonchev–Trinajstić information content (AvgIpc) is 3.10. The highest BCUT2D eigenvalue weighted by Crippen LogP contribution is 2.41. The lowest BCUT2D eigenvalue weighted by Crippen LogP contribution is -2.27. The molecule has 0 fully saturated rings. The smallest absolute Gasteiger partial charge is 0.231 e. The highest BCUT2D eigenvalue weighted by Gasteiger charge is 2.24. The highest BCUT2D eigenvalue weighted by atomic mass is 35.5. The zero-order valence-corrected chi connectivity index (χ0v) is 14.6. The second-order valence-corrected chi connectivity index (χ2v) is 6.35. The van der Waals surface area contributed by atoms with Crippen LogP contribution in [0.2, 0.25) is 5.02 Å². The molecule has 0 radical (unpaired) electrons. The number of pyridine rings is 1. The number of carbonyl (C=O) groups excluding carboxylic acids is 1. The van der Waals surface area contributed by atoms with Gasteiger partial charge in [-0.2, -0.15) is 0 Å². The van der Waals surface area contributed by atoms with Crippen molar-refractivity contribution in [3.8, 4) is 17.2 Å². The van der Waals surface area contributed by atoms with Crippen LogP contribution in [0.3, 0.4) is 0 Å². The Hall–Kier alpha value is -2.99. The summed E-state index contributed by atoms with van der Waals surface area (Å²) in [6.07, 6.45) is 1.58. The first-order chi connectivity index (χ1) is 12.5. The first kappa shape index (κ1) is 16.5. The number of amides is 1. The van der Waals surface area contributed by atoms with Crippen LogP contribution in [0.1, 0.15) is 24.1 Å². The summed E-state index contributed by atoms with van der Waals surface area (Å²) in [7, 11) is 0. The molecule has 2 N–H and O–H groups in total. The van der Waals surface area contributed by atoms with Gasteiger partial charge in [-0.3, -0.25) is 9.78 Å². The van der Waals surface area contributed by atoms with E-state index in [9.17, 15) is 9.90 Å². The molecule has 132 valence electrons. The van der Waals surface area contributed by atoms with Gasteiger partial charge in [-0.25, -0.2) is 0 Å². The molecule has 1 aromatic heterocycles. The number of aromatic nitrogens is 1. The first-order valence-electron chi connectivity index (χ1n) is 7.97. The van der Waals surface area contributed by atoms with Crippen LogP contribution in [0.15, 0.2) is 42.6 Å². The molecule has 2 aromatic carbocycles. The number of ether oxygens (including phenoxy) is 2. The fourth-order valence-electron chi connectivity index (χ4n) is 3.06. The maximum Gasteiger partial charge on any atom is 0.231 e. The molecule has 1 amide bonds. The van der Waals surface area contributed by atoms with Gasteiger partial charge < -0.3 is 19.9 Å². The summed E-state index contributed by atoms with van der Waals surface area (Å²) in [4.78, 5) is 16.0. The van der Waals surface area contributed by atoms with Crippen LogP contribution in [0.5, 0.6) is 17.2 Å². The summed E-state index contributed by atoms with van der Waals surface area (Å²) in [5, 5.41) is 14.7. The second kappa shape index (κ2) is 6.38. The molecule has 1 aliphatic rings. The van der Waals surface area contributed by atoms with Gasteiger partial charge >= 0.3 is 0 Å². The summed E-state index contributed by atoms with van der Waals surface area (Å²) in [6, 6.07) is 9.91. The minimum Gasteiger partial charge on any atom is -0.505 e. The Labute approximate surface area is 154 Å². The quantitative estimate of drug-likeness (QED) is 0.737. The molecule has 0 saturated heterocycles. The van der Waals surface area contributed by atoms with Gasteiger partial charge in [0, 0.05) is 24.1 Å². The number of fused-ring (bicyclic) bond motifs is 2. The van der Waals surface area contributed by atoms with Crippen molar-refractivity contribution >= 4 is 28.4 Å². The van der Waals surface area contributed by atoms with E-state index < -0.39 is 6.04 Å². The van der Waals surface area contributed by atoms with Crippen LogP contribution in [0.25, 0.3) is 10.9 Å². The van der Waals surface area contributed by atoms with Crippen molar-refractivity contribution in [2.45, 2.75) is 13.0 Å². The van der Waals surface area contributed by atoms with E-state index >= 15 is 0 Å². The highest BCUT2D eigenvalue weighted by molar-refractivity contribution is 6.35.